The molecule has 156 valence electrons. The van der Waals surface area contributed by atoms with Gasteiger partial charge in [-0.1, -0.05) is 6.07 Å². The molecule has 0 atom stereocenters. The average molecular weight is 407 g/mol. The third-order valence-corrected chi connectivity index (χ3v) is 5.48. The predicted molar refractivity (Wildman–Crippen MR) is 114 cm³/mol. The number of carbonyl (C=O) groups is 1. The second-order valence-electron chi connectivity index (χ2n) is 7.37. The Balaban J connectivity index is 1.85. The lowest BCUT2D eigenvalue weighted by molar-refractivity contribution is -0.134. The van der Waals surface area contributed by atoms with E-state index in [-0.39, 0.29) is 12.3 Å². The van der Waals surface area contributed by atoms with Gasteiger partial charge in [-0.05, 0) is 31.5 Å². The van der Waals surface area contributed by atoms with Crippen LogP contribution in [-0.4, -0.2) is 59.2 Å². The Labute approximate surface area is 175 Å². The lowest BCUT2D eigenvalue weighted by Crippen LogP contribution is -2.41. The van der Waals surface area contributed by atoms with Gasteiger partial charge in [-0.3, -0.25) is 4.79 Å². The highest BCUT2D eigenvalue weighted by Crippen LogP contribution is 2.36. The van der Waals surface area contributed by atoms with E-state index in [4.69, 9.17) is 20.2 Å². The molecular weight excluding hydrogens is 382 g/mol. The summed E-state index contributed by atoms with van der Waals surface area (Å²) in [5.74, 6) is 1.15. The Morgan fingerprint density at radius 3 is 2.73 bits per heavy atom. The highest BCUT2D eigenvalue weighted by Gasteiger charge is 2.21. The molecule has 0 radical (unpaired) electrons. The van der Waals surface area contributed by atoms with Crippen LogP contribution < -0.4 is 10.5 Å². The molecule has 0 aliphatic carbocycles. The molecule has 1 aromatic carbocycles. The number of nitrogens with zero attached hydrogens (tertiary/aromatic N) is 4. The number of aromatic nitrogens is 3. The molecule has 8 heteroatoms. The van der Waals surface area contributed by atoms with E-state index in [1.54, 1.807) is 7.11 Å². The molecule has 1 saturated heterocycles. The number of nitrogens with two attached hydrogens (primary N) is 1. The van der Waals surface area contributed by atoms with Crippen molar-refractivity contribution in [2.75, 3.05) is 39.1 Å². The van der Waals surface area contributed by atoms with Crippen molar-refractivity contribution in [3.05, 3.63) is 41.3 Å². The van der Waals surface area contributed by atoms with Gasteiger partial charge in [-0.15, -0.1) is 0 Å². The number of hydrogen-bond acceptors (Lipinski definition) is 7. The van der Waals surface area contributed by atoms with Crippen molar-refractivity contribution in [1.82, 2.24) is 19.9 Å². The smallest absolute Gasteiger partial charge is 0.228 e. The molecule has 4 rings (SSSR count). The largest absolute Gasteiger partial charge is 0.496 e. The zero-order valence-electron chi connectivity index (χ0n) is 17.4. The van der Waals surface area contributed by atoms with E-state index < -0.39 is 0 Å². The van der Waals surface area contributed by atoms with Crippen molar-refractivity contribution in [3.8, 4) is 17.0 Å². The Bertz CT molecular complexity index is 1110. The Hall–Kier alpha value is -3.26. The van der Waals surface area contributed by atoms with E-state index >= 15 is 0 Å². The van der Waals surface area contributed by atoms with Crippen molar-refractivity contribution < 1.29 is 14.3 Å². The fraction of sp³-hybridized carbons (Fsp3) is 0.364. The molecular formula is C22H25N5O3. The first-order valence-corrected chi connectivity index (χ1v) is 9.89. The number of hydrogen-bond donors (Lipinski definition) is 1. The summed E-state index contributed by atoms with van der Waals surface area (Å²) < 4.78 is 10.9. The van der Waals surface area contributed by atoms with Gasteiger partial charge in [0, 0.05) is 29.6 Å². The molecule has 0 spiro atoms. The molecule has 1 amide bonds. The molecule has 30 heavy (non-hydrogen) atoms. The maximum absolute atomic E-state index is 12.8. The van der Waals surface area contributed by atoms with Gasteiger partial charge >= 0.3 is 0 Å². The van der Waals surface area contributed by atoms with Crippen molar-refractivity contribution in [2.24, 2.45) is 0 Å². The van der Waals surface area contributed by atoms with Crippen LogP contribution in [0, 0.1) is 13.8 Å². The van der Waals surface area contributed by atoms with E-state index in [2.05, 4.69) is 9.97 Å². The molecule has 8 nitrogen and oxygen atoms in total. The number of methoxy groups -OCH3 is 1. The summed E-state index contributed by atoms with van der Waals surface area (Å²) in [4.78, 5) is 28.1. The minimum Gasteiger partial charge on any atom is -0.496 e. The van der Waals surface area contributed by atoms with Gasteiger partial charge in [0.15, 0.2) is 0 Å². The molecule has 0 bridgehead atoms. The van der Waals surface area contributed by atoms with Crippen LogP contribution in [0.15, 0.2) is 24.5 Å². The molecule has 1 fully saturated rings. The summed E-state index contributed by atoms with van der Waals surface area (Å²) in [7, 11) is 1.64. The van der Waals surface area contributed by atoms with Crippen molar-refractivity contribution in [1.29, 1.82) is 0 Å². The van der Waals surface area contributed by atoms with Crippen LogP contribution in [0.3, 0.4) is 0 Å². The van der Waals surface area contributed by atoms with Crippen molar-refractivity contribution in [3.63, 3.8) is 0 Å². The third-order valence-electron chi connectivity index (χ3n) is 5.48. The SMILES string of the molecule is COc1ccc(C)c(-c2nc(CC(=O)N3CCOCC3)cc3c(N)ncnc23)c1C. The van der Waals surface area contributed by atoms with Crippen LogP contribution in [-0.2, 0) is 16.0 Å². The number of nitrogen functional groups attached to an aromatic ring is 1. The van der Waals surface area contributed by atoms with Crippen LogP contribution >= 0.6 is 0 Å². The number of amides is 1. The molecule has 2 N–H and O–H groups in total. The number of anilines is 1. The van der Waals surface area contributed by atoms with E-state index in [0.29, 0.717) is 54.4 Å². The summed E-state index contributed by atoms with van der Waals surface area (Å²) in [5, 5.41) is 0.689. The van der Waals surface area contributed by atoms with Gasteiger partial charge in [0.2, 0.25) is 5.91 Å². The molecule has 1 aliphatic rings. The van der Waals surface area contributed by atoms with Crippen LogP contribution in [0.4, 0.5) is 5.82 Å². The number of morpholine rings is 1. The number of rotatable bonds is 4. The van der Waals surface area contributed by atoms with Gasteiger partial charge < -0.3 is 20.1 Å². The highest BCUT2D eigenvalue weighted by atomic mass is 16.5. The second-order valence-corrected chi connectivity index (χ2v) is 7.37. The zero-order chi connectivity index (χ0) is 21.3. The number of benzene rings is 1. The molecule has 0 unspecified atom stereocenters. The monoisotopic (exact) mass is 407 g/mol. The Morgan fingerprint density at radius 1 is 1.23 bits per heavy atom. The number of aryl methyl sites for hydroxylation is 1. The Kier molecular flexibility index (Phi) is 5.50. The number of ether oxygens (including phenoxy) is 2. The standard InChI is InChI=1S/C22H25N5O3/c1-13-4-5-17(29-3)14(2)19(13)21-20-16(22(23)25-12-24-20)10-15(26-21)11-18(28)27-6-8-30-9-7-27/h4-5,10,12H,6-9,11H2,1-3H3,(H2,23,24,25). The molecule has 0 saturated carbocycles. The van der Waals surface area contributed by atoms with Crippen LogP contribution in [0.1, 0.15) is 16.8 Å². The van der Waals surface area contributed by atoms with E-state index in [1.165, 1.54) is 6.33 Å². The second kappa shape index (κ2) is 8.23. The topological polar surface area (TPSA) is 103 Å². The highest BCUT2D eigenvalue weighted by molar-refractivity contribution is 5.98. The normalized spacial score (nSPS) is 14.2. The Morgan fingerprint density at radius 2 is 2.00 bits per heavy atom. The molecule has 2 aromatic heterocycles. The minimum atomic E-state index is 0.0191. The van der Waals surface area contributed by atoms with Gasteiger partial charge in [0.1, 0.15) is 23.4 Å². The number of carbonyl (C=O) groups excluding carboxylic acids is 1. The lowest BCUT2D eigenvalue weighted by atomic mass is 9.96. The van der Waals surface area contributed by atoms with Gasteiger partial charge in [-0.2, -0.15) is 0 Å². The third kappa shape index (κ3) is 3.66. The molecule has 1 aliphatic heterocycles. The first-order chi connectivity index (χ1) is 14.5. The summed E-state index contributed by atoms with van der Waals surface area (Å²) in [6.45, 7) is 6.32. The summed E-state index contributed by atoms with van der Waals surface area (Å²) in [6, 6.07) is 5.74. The van der Waals surface area contributed by atoms with Gasteiger partial charge in [0.05, 0.1) is 38.1 Å². The first-order valence-electron chi connectivity index (χ1n) is 9.89. The van der Waals surface area contributed by atoms with Crippen molar-refractivity contribution >= 4 is 22.6 Å². The van der Waals surface area contributed by atoms with Crippen molar-refractivity contribution in [2.45, 2.75) is 20.3 Å². The molecule has 3 aromatic rings. The average Bonchev–Trinajstić information content (AvgIpc) is 2.75. The van der Waals surface area contributed by atoms with Crippen LogP contribution in [0.2, 0.25) is 0 Å². The number of fused-ring (bicyclic) bond motifs is 1. The molecule has 3 heterocycles. The fourth-order valence-electron chi connectivity index (χ4n) is 3.89. The van der Waals surface area contributed by atoms with Crippen LogP contribution in [0.5, 0.6) is 5.75 Å². The van der Waals surface area contributed by atoms with E-state index in [9.17, 15) is 4.79 Å². The lowest BCUT2D eigenvalue weighted by Gasteiger charge is -2.26. The van der Waals surface area contributed by atoms with Gasteiger partial charge in [0.25, 0.3) is 0 Å². The summed E-state index contributed by atoms with van der Waals surface area (Å²) >= 11 is 0. The first kappa shape index (κ1) is 20.0. The van der Waals surface area contributed by atoms with E-state index in [0.717, 1.165) is 22.4 Å². The van der Waals surface area contributed by atoms with Gasteiger partial charge in [-0.25, -0.2) is 15.0 Å². The minimum absolute atomic E-state index is 0.0191. The van der Waals surface area contributed by atoms with E-state index in [1.807, 2.05) is 36.9 Å². The number of pyridine rings is 1. The quantitative estimate of drug-likeness (QED) is 0.708. The predicted octanol–water partition coefficient (Wildman–Crippen LogP) is 2.30. The zero-order valence-corrected chi connectivity index (χ0v) is 17.4. The maximum atomic E-state index is 12.8. The fourth-order valence-corrected chi connectivity index (χ4v) is 3.89. The summed E-state index contributed by atoms with van der Waals surface area (Å²) in [5.41, 5.74) is 11.1. The maximum Gasteiger partial charge on any atom is 0.228 e. The summed E-state index contributed by atoms with van der Waals surface area (Å²) in [6.07, 6.45) is 1.62. The van der Waals surface area contributed by atoms with Crippen LogP contribution in [0.25, 0.3) is 22.2 Å².